The van der Waals surface area contributed by atoms with Crippen LogP contribution < -0.4 is 0 Å². The first-order valence-corrected chi connectivity index (χ1v) is 11.2. The summed E-state index contributed by atoms with van der Waals surface area (Å²) in [5.41, 5.74) is 2.07. The zero-order chi connectivity index (χ0) is 18.5. The monoisotopic (exact) mass is 384 g/mol. The predicted octanol–water partition coefficient (Wildman–Crippen LogP) is 4.99. The molecule has 3 nitrogen and oxygen atoms in total. The third-order valence-electron chi connectivity index (χ3n) is 5.58. The maximum atomic E-state index is 6.65. The fraction of sp³-hybridized carbons (Fsp3) is 0.478. The summed E-state index contributed by atoms with van der Waals surface area (Å²) >= 11 is 1.89. The van der Waals surface area contributed by atoms with Gasteiger partial charge in [0.15, 0.2) is 6.29 Å². The number of rotatable bonds is 7. The molecule has 27 heavy (non-hydrogen) atoms. The van der Waals surface area contributed by atoms with E-state index in [0.29, 0.717) is 11.9 Å². The van der Waals surface area contributed by atoms with Crippen molar-refractivity contribution in [1.29, 1.82) is 0 Å². The van der Waals surface area contributed by atoms with Gasteiger partial charge in [0.05, 0.1) is 18.0 Å². The normalized spacial score (nSPS) is 27.1. The van der Waals surface area contributed by atoms with Crippen LogP contribution in [0.25, 0.3) is 0 Å². The molecular weight excluding hydrogens is 356 g/mol. The lowest BCUT2D eigenvalue weighted by atomic mass is 9.75. The summed E-state index contributed by atoms with van der Waals surface area (Å²) in [5.74, 6) is 0. The molecule has 144 valence electrons. The van der Waals surface area contributed by atoms with Crippen molar-refractivity contribution in [3.63, 3.8) is 0 Å². The molecule has 0 N–H and O–H groups in total. The van der Waals surface area contributed by atoms with Crippen molar-refractivity contribution in [3.8, 4) is 0 Å². The van der Waals surface area contributed by atoms with E-state index in [1.807, 2.05) is 11.8 Å². The average Bonchev–Trinajstić information content (AvgIpc) is 2.72. The SMILES string of the molecule is CSC1C(CCOC2CCCCO2)OC1(c1ccccc1)c1ccccc1. The van der Waals surface area contributed by atoms with E-state index in [1.54, 1.807) is 0 Å². The highest BCUT2D eigenvalue weighted by atomic mass is 32.2. The minimum Gasteiger partial charge on any atom is -0.360 e. The van der Waals surface area contributed by atoms with E-state index in [0.717, 1.165) is 25.9 Å². The summed E-state index contributed by atoms with van der Waals surface area (Å²) in [4.78, 5) is 0. The van der Waals surface area contributed by atoms with Crippen molar-refractivity contribution in [3.05, 3.63) is 71.8 Å². The molecule has 3 atom stereocenters. The molecule has 2 fully saturated rings. The summed E-state index contributed by atoms with van der Waals surface area (Å²) in [6, 6.07) is 21.2. The first kappa shape index (κ1) is 19.0. The van der Waals surface area contributed by atoms with Gasteiger partial charge in [0.1, 0.15) is 5.60 Å². The van der Waals surface area contributed by atoms with Gasteiger partial charge in [0.25, 0.3) is 0 Å². The van der Waals surface area contributed by atoms with Gasteiger partial charge in [0.2, 0.25) is 0 Å². The maximum absolute atomic E-state index is 6.65. The summed E-state index contributed by atoms with van der Waals surface area (Å²) in [6.45, 7) is 1.51. The molecule has 0 saturated carbocycles. The highest BCUT2D eigenvalue weighted by Gasteiger charge is 2.57. The van der Waals surface area contributed by atoms with E-state index in [9.17, 15) is 0 Å². The Kier molecular flexibility index (Phi) is 6.18. The molecule has 3 unspecified atom stereocenters. The lowest BCUT2D eigenvalue weighted by molar-refractivity contribution is -0.202. The van der Waals surface area contributed by atoms with Crippen molar-refractivity contribution < 1.29 is 14.2 Å². The molecule has 2 aromatic rings. The Morgan fingerprint density at radius 2 is 1.67 bits per heavy atom. The topological polar surface area (TPSA) is 27.7 Å². The Morgan fingerprint density at radius 3 is 2.22 bits per heavy atom. The van der Waals surface area contributed by atoms with Gasteiger partial charge in [-0.05, 0) is 43.1 Å². The van der Waals surface area contributed by atoms with Crippen LogP contribution in [0.5, 0.6) is 0 Å². The molecule has 0 aromatic heterocycles. The second-order valence-electron chi connectivity index (χ2n) is 7.24. The van der Waals surface area contributed by atoms with Gasteiger partial charge in [0, 0.05) is 6.61 Å². The summed E-state index contributed by atoms with van der Waals surface area (Å²) in [7, 11) is 0. The van der Waals surface area contributed by atoms with Crippen LogP contribution in [0.15, 0.2) is 60.7 Å². The number of hydrogen-bond acceptors (Lipinski definition) is 4. The molecule has 0 spiro atoms. The molecule has 0 amide bonds. The highest BCUT2D eigenvalue weighted by Crippen LogP contribution is 2.53. The van der Waals surface area contributed by atoms with Crippen LogP contribution in [0.3, 0.4) is 0 Å². The first-order chi connectivity index (χ1) is 13.3. The molecule has 2 heterocycles. The summed E-state index contributed by atoms with van der Waals surface area (Å²) in [6.07, 6.45) is 6.59. The Hall–Kier alpha value is -1.33. The molecule has 2 aliphatic rings. The van der Waals surface area contributed by atoms with Gasteiger partial charge in [-0.2, -0.15) is 11.8 Å². The van der Waals surface area contributed by atoms with Gasteiger partial charge < -0.3 is 14.2 Å². The fourth-order valence-corrected chi connectivity index (χ4v) is 5.40. The van der Waals surface area contributed by atoms with Gasteiger partial charge >= 0.3 is 0 Å². The third kappa shape index (κ3) is 3.81. The van der Waals surface area contributed by atoms with Crippen molar-refractivity contribution in [1.82, 2.24) is 0 Å². The van der Waals surface area contributed by atoms with Crippen molar-refractivity contribution in [2.24, 2.45) is 0 Å². The van der Waals surface area contributed by atoms with Crippen LogP contribution in [0.2, 0.25) is 0 Å². The van der Waals surface area contributed by atoms with Crippen LogP contribution in [0.4, 0.5) is 0 Å². The lowest BCUT2D eigenvalue weighted by Crippen LogP contribution is -2.61. The fourth-order valence-electron chi connectivity index (χ4n) is 4.25. The standard InChI is InChI=1S/C23H28O3S/c1-27-22-20(15-17-25-21-14-8-9-16-24-21)26-23(22,18-10-4-2-5-11-18)19-12-6-3-7-13-19/h2-7,10-13,20-22H,8-9,14-17H2,1H3. The first-order valence-electron chi connectivity index (χ1n) is 9.89. The van der Waals surface area contributed by atoms with Gasteiger partial charge in [-0.3, -0.25) is 0 Å². The zero-order valence-corrected chi connectivity index (χ0v) is 16.7. The van der Waals surface area contributed by atoms with E-state index in [2.05, 4.69) is 66.9 Å². The Bertz CT molecular complexity index is 661. The van der Waals surface area contributed by atoms with E-state index in [1.165, 1.54) is 17.5 Å². The van der Waals surface area contributed by atoms with Crippen LogP contribution in [-0.2, 0) is 19.8 Å². The average molecular weight is 385 g/mol. The molecule has 2 saturated heterocycles. The molecule has 0 aliphatic carbocycles. The van der Waals surface area contributed by atoms with Gasteiger partial charge in [-0.15, -0.1) is 0 Å². The highest BCUT2D eigenvalue weighted by molar-refractivity contribution is 7.99. The predicted molar refractivity (Wildman–Crippen MR) is 110 cm³/mol. The van der Waals surface area contributed by atoms with E-state index < -0.39 is 0 Å². The lowest BCUT2D eigenvalue weighted by Gasteiger charge is -2.55. The molecule has 0 radical (unpaired) electrons. The minimum absolute atomic E-state index is 0.0282. The second-order valence-corrected chi connectivity index (χ2v) is 8.22. The summed E-state index contributed by atoms with van der Waals surface area (Å²) in [5, 5.41) is 0.359. The third-order valence-corrected chi connectivity index (χ3v) is 6.72. The molecule has 2 aliphatic heterocycles. The quantitative estimate of drug-likeness (QED) is 0.672. The van der Waals surface area contributed by atoms with Crippen LogP contribution in [0.1, 0.15) is 36.8 Å². The molecule has 2 aromatic carbocycles. The number of ether oxygens (including phenoxy) is 3. The molecule has 0 bridgehead atoms. The van der Waals surface area contributed by atoms with E-state index in [4.69, 9.17) is 14.2 Å². The van der Waals surface area contributed by atoms with Gasteiger partial charge in [-0.25, -0.2) is 0 Å². The Labute approximate surface area is 166 Å². The number of thioether (sulfide) groups is 1. The largest absolute Gasteiger partial charge is 0.360 e. The molecule has 4 heteroatoms. The van der Waals surface area contributed by atoms with Crippen LogP contribution >= 0.6 is 11.8 Å². The second kappa shape index (κ2) is 8.78. The Morgan fingerprint density at radius 1 is 1.00 bits per heavy atom. The minimum atomic E-state index is -0.381. The van der Waals surface area contributed by atoms with Crippen molar-refractivity contribution in [2.45, 2.75) is 48.9 Å². The molecule has 4 rings (SSSR count). The number of benzene rings is 2. The van der Waals surface area contributed by atoms with Crippen LogP contribution in [0, 0.1) is 0 Å². The van der Waals surface area contributed by atoms with Crippen molar-refractivity contribution >= 4 is 11.8 Å². The summed E-state index contributed by atoms with van der Waals surface area (Å²) < 4.78 is 18.3. The van der Waals surface area contributed by atoms with Gasteiger partial charge in [-0.1, -0.05) is 60.7 Å². The zero-order valence-electron chi connectivity index (χ0n) is 15.9. The number of hydrogen-bond donors (Lipinski definition) is 0. The van der Waals surface area contributed by atoms with E-state index >= 15 is 0 Å². The maximum Gasteiger partial charge on any atom is 0.157 e. The molecular formula is C23H28O3S. The van der Waals surface area contributed by atoms with Crippen molar-refractivity contribution in [2.75, 3.05) is 19.5 Å². The smallest absolute Gasteiger partial charge is 0.157 e. The van der Waals surface area contributed by atoms with Crippen LogP contribution in [-0.4, -0.2) is 37.1 Å². The Balaban J connectivity index is 1.48. The van der Waals surface area contributed by atoms with E-state index in [-0.39, 0.29) is 18.0 Å².